The van der Waals surface area contributed by atoms with Crippen molar-refractivity contribution >= 4 is 17.4 Å². The van der Waals surface area contributed by atoms with Crippen LogP contribution >= 0.6 is 11.6 Å². The molecule has 0 spiro atoms. The summed E-state index contributed by atoms with van der Waals surface area (Å²) in [5, 5.41) is 0.954. The Morgan fingerprint density at radius 2 is 2.31 bits per heavy atom. The lowest BCUT2D eigenvalue weighted by molar-refractivity contribution is 0.0936. The second kappa shape index (κ2) is 4.98. The zero-order chi connectivity index (χ0) is 24.2. The molecule has 0 bridgehead atoms. The lowest BCUT2D eigenvalue weighted by Crippen LogP contribution is -2.46. The molecule has 0 fully saturated rings. The molecule has 0 radical (unpaired) electrons. The SMILES string of the molecule is [2H]c1c([2H])c(Cl)c([2H])c(C(=O)C([2H])(C)NC(C([2H])([2H])[2H])(C([2H])([2H])[2H])C([2H])([2H])[2H])c1[2H]. The van der Waals surface area contributed by atoms with Crippen LogP contribution in [0.3, 0.4) is 0 Å². The highest BCUT2D eigenvalue weighted by Crippen LogP contribution is 2.13. The lowest BCUT2D eigenvalue weighted by atomic mass is 10.0. The highest BCUT2D eigenvalue weighted by Gasteiger charge is 2.20. The molecule has 1 aromatic rings. The minimum Gasteiger partial charge on any atom is -0.303 e. The Hall–Kier alpha value is -0.860. The van der Waals surface area contributed by atoms with E-state index in [0.29, 0.717) is 6.92 Å². The first-order valence-corrected chi connectivity index (χ1v) is 4.52. The Labute approximate surface area is 122 Å². The first kappa shape index (κ1) is 3.56. The van der Waals surface area contributed by atoms with Crippen LogP contribution in [-0.2, 0) is 0 Å². The van der Waals surface area contributed by atoms with Crippen molar-refractivity contribution in [1.82, 2.24) is 5.32 Å². The number of hydrogen-bond acceptors (Lipinski definition) is 2. The molecule has 3 heteroatoms. The molecule has 2 nitrogen and oxygen atoms in total. The van der Waals surface area contributed by atoms with Crippen molar-refractivity contribution in [2.24, 2.45) is 0 Å². The van der Waals surface area contributed by atoms with Crippen molar-refractivity contribution in [2.45, 2.75) is 39.0 Å². The highest BCUT2D eigenvalue weighted by molar-refractivity contribution is 6.31. The molecule has 16 heavy (non-hydrogen) atoms. The van der Waals surface area contributed by atoms with Gasteiger partial charge in [0.15, 0.2) is 5.78 Å². The van der Waals surface area contributed by atoms with Crippen molar-refractivity contribution in [1.29, 1.82) is 0 Å². The van der Waals surface area contributed by atoms with Crippen LogP contribution in [0, 0.1) is 0 Å². The van der Waals surface area contributed by atoms with Crippen molar-refractivity contribution in [3.63, 3.8) is 0 Å². The summed E-state index contributed by atoms with van der Waals surface area (Å²) >= 11 is 5.72. The van der Waals surface area contributed by atoms with Crippen LogP contribution < -0.4 is 5.32 Å². The summed E-state index contributed by atoms with van der Waals surface area (Å²) in [4.78, 5) is 12.9. The normalized spacial score (nSPS) is 30.6. The number of nitrogens with one attached hydrogen (secondary N) is 1. The Morgan fingerprint density at radius 1 is 1.62 bits per heavy atom. The third kappa shape index (κ3) is 3.95. The molecule has 0 aliphatic heterocycles. The molecule has 1 rings (SSSR count). The van der Waals surface area contributed by atoms with E-state index in [2.05, 4.69) is 0 Å². The molecule has 0 aliphatic carbocycles. The number of benzene rings is 1. The van der Waals surface area contributed by atoms with Crippen molar-refractivity contribution in [3.05, 3.63) is 34.8 Å². The quantitative estimate of drug-likeness (QED) is 0.838. The fourth-order valence-electron chi connectivity index (χ4n) is 0.960. The van der Waals surface area contributed by atoms with Crippen LogP contribution in [-0.4, -0.2) is 17.3 Å². The highest BCUT2D eigenvalue weighted by atomic mass is 35.5. The Kier molecular flexibility index (Phi) is 1.11. The number of halogens is 1. The summed E-state index contributed by atoms with van der Waals surface area (Å²) in [6.45, 7) is -10.6. The molecule has 0 heterocycles. The maximum absolute atomic E-state index is 12.9. The van der Waals surface area contributed by atoms with Gasteiger partial charge in [-0.3, -0.25) is 4.79 Å². The maximum atomic E-state index is 12.9. The van der Waals surface area contributed by atoms with Gasteiger partial charge in [0.05, 0.1) is 12.9 Å². The van der Waals surface area contributed by atoms with Gasteiger partial charge in [-0.05, 0) is 39.6 Å². The predicted octanol–water partition coefficient (Wildman–Crippen LogP) is 3.30. The van der Waals surface area contributed by atoms with Crippen LogP contribution in [0.15, 0.2) is 24.2 Å². The van der Waals surface area contributed by atoms with E-state index < -0.39 is 72.7 Å². The first-order chi connectivity index (χ1) is 13.0. The molecule has 1 unspecified atom stereocenters. The number of carbonyl (C=O) groups is 1. The standard InChI is InChI=1S/C13H18ClNO/c1-9(15-13(2,3)4)12(16)10-6-5-7-11(14)8-10/h5-9,15H,1-4H3/i2D3,3D3,4D3,5D,6D,7D,8D,9D. The van der Waals surface area contributed by atoms with Gasteiger partial charge in [-0.1, -0.05) is 23.7 Å². The van der Waals surface area contributed by atoms with Gasteiger partial charge in [-0.2, -0.15) is 0 Å². The number of Topliss-reactive ketones (excluding diaryl/α,β-unsaturated/α-hetero) is 1. The summed E-state index contributed by atoms with van der Waals surface area (Å²) in [5.74, 6) is -1.56. The van der Waals surface area contributed by atoms with Gasteiger partial charge in [0.2, 0.25) is 0 Å². The van der Waals surface area contributed by atoms with E-state index in [9.17, 15) is 4.79 Å². The van der Waals surface area contributed by atoms with Gasteiger partial charge in [0.1, 0.15) is 0 Å². The van der Waals surface area contributed by atoms with E-state index >= 15 is 0 Å². The molecule has 0 saturated carbocycles. The fraction of sp³-hybridized carbons (Fsp3) is 0.462. The molecule has 1 atom stereocenters. The molecule has 0 saturated heterocycles. The Morgan fingerprint density at radius 3 is 2.94 bits per heavy atom. The number of ketones is 1. The summed E-state index contributed by atoms with van der Waals surface area (Å²) in [6, 6.07) is -6.45. The van der Waals surface area contributed by atoms with Gasteiger partial charge < -0.3 is 5.32 Å². The molecule has 88 valence electrons. The van der Waals surface area contributed by atoms with E-state index in [1.165, 1.54) is 0 Å². The largest absolute Gasteiger partial charge is 0.303 e. The topological polar surface area (TPSA) is 29.1 Å². The zero-order valence-electron chi connectivity index (χ0n) is 22.3. The average molecular weight is 254 g/mol. The van der Waals surface area contributed by atoms with Crippen LogP contribution in [0.2, 0.25) is 5.02 Å². The molecule has 1 aromatic carbocycles. The number of hydrogen-bond donors (Lipinski definition) is 1. The Bertz CT molecular complexity index is 788. The summed E-state index contributed by atoms with van der Waals surface area (Å²) < 4.78 is 107. The monoisotopic (exact) mass is 253 g/mol. The van der Waals surface area contributed by atoms with Crippen LogP contribution in [0.4, 0.5) is 0 Å². The summed E-state index contributed by atoms with van der Waals surface area (Å²) in [5.41, 5.74) is -4.67. The van der Waals surface area contributed by atoms with E-state index in [4.69, 9.17) is 30.8 Å². The third-order valence-corrected chi connectivity index (χ3v) is 1.73. The lowest BCUT2D eigenvalue weighted by Gasteiger charge is -2.25. The zero-order valence-corrected chi connectivity index (χ0v) is 9.04. The molecule has 0 aliphatic rings. The third-order valence-electron chi connectivity index (χ3n) is 1.54. The van der Waals surface area contributed by atoms with E-state index in [-0.39, 0.29) is 0 Å². The van der Waals surface area contributed by atoms with Crippen LogP contribution in [0.25, 0.3) is 0 Å². The van der Waals surface area contributed by atoms with Crippen LogP contribution in [0.1, 0.15) is 57.0 Å². The van der Waals surface area contributed by atoms with E-state index in [1.54, 1.807) is 5.32 Å². The second-order valence-electron chi connectivity index (χ2n) is 3.02. The minimum atomic E-state index is -3.75. The number of carbonyl (C=O) groups excluding carboxylic acids is 1. The molecular weight excluding hydrogens is 222 g/mol. The van der Waals surface area contributed by atoms with Crippen molar-refractivity contribution < 1.29 is 24.0 Å². The molecule has 1 N–H and O–H groups in total. The maximum Gasteiger partial charge on any atom is 0.179 e. The number of rotatable bonds is 3. The first-order valence-electron chi connectivity index (χ1n) is 11.1. The predicted molar refractivity (Wildman–Crippen MR) is 68.1 cm³/mol. The van der Waals surface area contributed by atoms with E-state index in [0.717, 1.165) is 0 Å². The van der Waals surface area contributed by atoms with Gasteiger partial charge in [0, 0.05) is 28.5 Å². The molecular formula is C13H18ClNO. The van der Waals surface area contributed by atoms with Gasteiger partial charge in [0.25, 0.3) is 0 Å². The van der Waals surface area contributed by atoms with Crippen molar-refractivity contribution in [2.75, 3.05) is 0 Å². The Balaban J connectivity index is 3.79. The minimum absolute atomic E-state index is 0.665. The fourth-order valence-corrected chi connectivity index (χ4v) is 1.10. The summed E-state index contributed by atoms with van der Waals surface area (Å²) in [6.07, 6.45) is 0. The van der Waals surface area contributed by atoms with E-state index in [1.807, 2.05) is 0 Å². The van der Waals surface area contributed by atoms with Crippen LogP contribution in [0.5, 0.6) is 0 Å². The summed E-state index contributed by atoms with van der Waals surface area (Å²) in [7, 11) is 0. The average Bonchev–Trinajstić information content (AvgIpc) is 2.52. The molecule has 0 amide bonds. The van der Waals surface area contributed by atoms with Gasteiger partial charge in [-0.15, -0.1) is 0 Å². The second-order valence-corrected chi connectivity index (χ2v) is 3.40. The van der Waals surface area contributed by atoms with Crippen molar-refractivity contribution in [3.8, 4) is 0 Å². The smallest absolute Gasteiger partial charge is 0.179 e. The van der Waals surface area contributed by atoms with Gasteiger partial charge in [-0.25, -0.2) is 0 Å². The molecule has 0 aromatic heterocycles. The van der Waals surface area contributed by atoms with Gasteiger partial charge >= 0.3 is 0 Å².